The summed E-state index contributed by atoms with van der Waals surface area (Å²) < 4.78 is 17.3. The first-order valence-corrected chi connectivity index (χ1v) is 7.03. The zero-order chi connectivity index (χ0) is 12.5. The number of aryl methyl sites for hydroxylation is 1. The number of nitrogens with zero attached hydrogens (tertiary/aromatic N) is 2. The maximum absolute atomic E-state index is 11.9. The average Bonchev–Trinajstić information content (AvgIpc) is 2.43. The van der Waals surface area contributed by atoms with Gasteiger partial charge in [0.2, 0.25) is 0 Å². The first kappa shape index (κ1) is 13.9. The van der Waals surface area contributed by atoms with E-state index in [2.05, 4.69) is 25.8 Å². The van der Waals surface area contributed by atoms with E-state index >= 15 is 0 Å². The van der Waals surface area contributed by atoms with Gasteiger partial charge in [-0.2, -0.15) is 5.10 Å². The van der Waals surface area contributed by atoms with Gasteiger partial charge in [-0.25, -0.2) is 8.93 Å². The Morgan fingerprint density at radius 2 is 2.12 bits per heavy atom. The molecule has 0 bridgehead atoms. The molecule has 4 nitrogen and oxygen atoms in total. The lowest BCUT2D eigenvalue weighted by Crippen LogP contribution is -2.35. The van der Waals surface area contributed by atoms with Gasteiger partial charge >= 0.3 is 0 Å². The summed E-state index contributed by atoms with van der Waals surface area (Å²) in [6, 6.07) is 1.93. The van der Waals surface area contributed by atoms with Gasteiger partial charge in [0, 0.05) is 7.05 Å². The van der Waals surface area contributed by atoms with Gasteiger partial charge in [0.25, 0.3) is 0 Å². The number of rotatable bonds is 3. The fourth-order valence-electron chi connectivity index (χ4n) is 1.25. The van der Waals surface area contributed by atoms with Crippen molar-refractivity contribution in [2.45, 2.75) is 38.5 Å². The van der Waals surface area contributed by atoms with Crippen LogP contribution in [0.1, 0.15) is 39.4 Å². The minimum absolute atomic E-state index is 0.00357. The molecule has 0 aliphatic rings. The van der Waals surface area contributed by atoms with Crippen molar-refractivity contribution >= 4 is 26.9 Å². The number of nitrogens with one attached hydrogen (secondary N) is 1. The first-order chi connectivity index (χ1) is 7.21. The fourth-order valence-corrected chi connectivity index (χ4v) is 2.52. The summed E-state index contributed by atoms with van der Waals surface area (Å²) in [6.45, 7) is 7.82. The van der Waals surface area contributed by atoms with Crippen LogP contribution >= 0.6 is 15.9 Å². The van der Waals surface area contributed by atoms with E-state index in [1.165, 1.54) is 0 Å². The number of halogens is 1. The van der Waals surface area contributed by atoms with Crippen LogP contribution in [0.2, 0.25) is 0 Å². The molecule has 0 aliphatic heterocycles. The predicted molar refractivity (Wildman–Crippen MR) is 70.4 cm³/mol. The SMILES string of the molecule is C[C@@H](NS(=O)C(C)(C)C)c1cc(Br)nn1C. The molecule has 0 aromatic carbocycles. The molecule has 16 heavy (non-hydrogen) atoms. The van der Waals surface area contributed by atoms with E-state index in [4.69, 9.17) is 0 Å². The van der Waals surface area contributed by atoms with Crippen molar-refractivity contribution in [1.29, 1.82) is 0 Å². The summed E-state index contributed by atoms with van der Waals surface area (Å²) >= 11 is 3.32. The highest BCUT2D eigenvalue weighted by Gasteiger charge is 2.22. The molecule has 1 rings (SSSR count). The Bertz CT molecular complexity index is 397. The molecule has 2 atom stereocenters. The zero-order valence-corrected chi connectivity index (χ0v) is 12.6. The molecule has 0 aliphatic carbocycles. The smallest absolute Gasteiger partial charge is 0.128 e. The normalized spacial score (nSPS) is 16.1. The Hall–Kier alpha value is -0.200. The second kappa shape index (κ2) is 4.98. The molecular formula is C10H18BrN3OS. The lowest BCUT2D eigenvalue weighted by atomic mass is 10.2. The van der Waals surface area contributed by atoms with E-state index in [0.717, 1.165) is 10.3 Å². The topological polar surface area (TPSA) is 46.9 Å². The highest BCUT2D eigenvalue weighted by atomic mass is 79.9. The van der Waals surface area contributed by atoms with Gasteiger partial charge < -0.3 is 0 Å². The van der Waals surface area contributed by atoms with E-state index in [-0.39, 0.29) is 10.8 Å². The van der Waals surface area contributed by atoms with Crippen LogP contribution < -0.4 is 4.72 Å². The van der Waals surface area contributed by atoms with Crippen LogP contribution in [0.5, 0.6) is 0 Å². The van der Waals surface area contributed by atoms with E-state index in [1.54, 1.807) is 4.68 Å². The second-order valence-corrected chi connectivity index (χ2v) is 7.55. The third-order valence-electron chi connectivity index (χ3n) is 2.17. The van der Waals surface area contributed by atoms with Crippen LogP contribution in [0.3, 0.4) is 0 Å². The van der Waals surface area contributed by atoms with Crippen molar-refractivity contribution in [2.24, 2.45) is 7.05 Å². The predicted octanol–water partition coefficient (Wildman–Crippen LogP) is 2.30. The maximum Gasteiger partial charge on any atom is 0.128 e. The minimum atomic E-state index is -1.07. The molecule has 6 heteroatoms. The highest BCUT2D eigenvalue weighted by Crippen LogP contribution is 2.19. The minimum Gasteiger partial charge on any atom is -0.270 e. The second-order valence-electron chi connectivity index (χ2n) is 4.74. The average molecular weight is 308 g/mol. The third kappa shape index (κ3) is 3.40. The van der Waals surface area contributed by atoms with E-state index in [0.29, 0.717) is 0 Å². The molecule has 0 spiro atoms. The molecule has 92 valence electrons. The van der Waals surface area contributed by atoms with Gasteiger partial charge in [-0.05, 0) is 49.7 Å². The van der Waals surface area contributed by atoms with Crippen molar-refractivity contribution in [3.63, 3.8) is 0 Å². The quantitative estimate of drug-likeness (QED) is 0.931. The van der Waals surface area contributed by atoms with Crippen molar-refractivity contribution in [2.75, 3.05) is 0 Å². The summed E-state index contributed by atoms with van der Waals surface area (Å²) in [5.74, 6) is 0. The Balaban J connectivity index is 2.77. The lowest BCUT2D eigenvalue weighted by Gasteiger charge is -2.21. The molecule has 0 amide bonds. The standard InChI is InChI=1S/C10H18BrN3OS/c1-7(13-16(15)10(2,3)4)8-6-9(11)12-14(8)5/h6-7,13H,1-5H3/t7-,16?/m1/s1. The van der Waals surface area contributed by atoms with Crippen LogP contribution in [0.15, 0.2) is 10.7 Å². The first-order valence-electron chi connectivity index (χ1n) is 5.09. The summed E-state index contributed by atoms with van der Waals surface area (Å²) in [7, 11) is 0.800. The molecule has 1 aromatic heterocycles. The largest absolute Gasteiger partial charge is 0.270 e. The van der Waals surface area contributed by atoms with E-state index in [1.807, 2.05) is 40.8 Å². The number of hydrogen-bond acceptors (Lipinski definition) is 2. The van der Waals surface area contributed by atoms with Crippen molar-refractivity contribution < 1.29 is 4.21 Å². The van der Waals surface area contributed by atoms with Crippen LogP contribution in [0, 0.1) is 0 Å². The van der Waals surface area contributed by atoms with E-state index < -0.39 is 11.0 Å². The molecule has 0 radical (unpaired) electrons. The summed E-state index contributed by atoms with van der Waals surface area (Å²) in [4.78, 5) is 0. The molecule has 0 fully saturated rings. The number of hydrogen-bond donors (Lipinski definition) is 1. The van der Waals surface area contributed by atoms with Crippen molar-refractivity contribution in [3.05, 3.63) is 16.4 Å². The Kier molecular flexibility index (Phi) is 4.31. The third-order valence-corrected chi connectivity index (χ3v) is 4.24. The maximum atomic E-state index is 11.9. The zero-order valence-electron chi connectivity index (χ0n) is 10.2. The van der Waals surface area contributed by atoms with Crippen molar-refractivity contribution in [1.82, 2.24) is 14.5 Å². The van der Waals surface area contributed by atoms with Gasteiger partial charge in [0.15, 0.2) is 0 Å². The van der Waals surface area contributed by atoms with Crippen LogP contribution in [0.25, 0.3) is 0 Å². The molecular weight excluding hydrogens is 290 g/mol. The lowest BCUT2D eigenvalue weighted by molar-refractivity contribution is 0.588. The number of aromatic nitrogens is 2. The van der Waals surface area contributed by atoms with Crippen LogP contribution in [0.4, 0.5) is 0 Å². The molecule has 1 heterocycles. The van der Waals surface area contributed by atoms with E-state index in [9.17, 15) is 4.21 Å². The van der Waals surface area contributed by atoms with Crippen LogP contribution in [-0.2, 0) is 18.0 Å². The van der Waals surface area contributed by atoms with Gasteiger partial charge in [-0.3, -0.25) is 4.68 Å². The van der Waals surface area contributed by atoms with Crippen molar-refractivity contribution in [3.8, 4) is 0 Å². The molecule has 0 saturated carbocycles. The molecule has 1 aromatic rings. The van der Waals surface area contributed by atoms with Gasteiger partial charge in [-0.15, -0.1) is 0 Å². The van der Waals surface area contributed by atoms with Gasteiger partial charge in [-0.1, -0.05) is 0 Å². The Morgan fingerprint density at radius 1 is 1.56 bits per heavy atom. The summed E-state index contributed by atoms with van der Waals surface area (Å²) in [5.41, 5.74) is 1.00. The van der Waals surface area contributed by atoms with Crippen LogP contribution in [-0.4, -0.2) is 18.7 Å². The van der Waals surface area contributed by atoms with Gasteiger partial charge in [0.05, 0.1) is 27.5 Å². The summed E-state index contributed by atoms with van der Waals surface area (Å²) in [5, 5.41) is 4.20. The molecule has 0 saturated heterocycles. The Labute approximate surface area is 108 Å². The molecule has 1 N–H and O–H groups in total. The fraction of sp³-hybridized carbons (Fsp3) is 0.700. The Morgan fingerprint density at radius 3 is 2.50 bits per heavy atom. The molecule has 1 unspecified atom stereocenters. The highest BCUT2D eigenvalue weighted by molar-refractivity contribution is 9.10. The van der Waals surface area contributed by atoms with Gasteiger partial charge in [0.1, 0.15) is 4.60 Å². The monoisotopic (exact) mass is 307 g/mol. The summed E-state index contributed by atoms with van der Waals surface area (Å²) in [6.07, 6.45) is 0.